The Balaban J connectivity index is 3.55. The molecule has 0 aromatic rings. The number of nitrogens with one attached hydrogen (secondary N) is 1. The molecule has 0 amide bonds. The molecule has 0 aliphatic rings. The molecule has 0 aliphatic heterocycles. The molecular formula is C13H27NO2. The van der Waals surface area contributed by atoms with Crippen molar-refractivity contribution in [2.24, 2.45) is 0 Å². The Morgan fingerprint density at radius 1 is 1.25 bits per heavy atom. The van der Waals surface area contributed by atoms with Crippen molar-refractivity contribution >= 4 is 5.97 Å². The third kappa shape index (κ3) is 8.72. The smallest absolute Gasteiger partial charge is 0.306 e. The van der Waals surface area contributed by atoms with Crippen LogP contribution in [0.4, 0.5) is 0 Å². The lowest BCUT2D eigenvalue weighted by Gasteiger charge is -2.19. The van der Waals surface area contributed by atoms with E-state index in [0.717, 1.165) is 25.8 Å². The maximum absolute atomic E-state index is 11.4. The van der Waals surface area contributed by atoms with E-state index < -0.39 is 0 Å². The fourth-order valence-electron chi connectivity index (χ4n) is 1.51. The maximum atomic E-state index is 11.4. The zero-order valence-electron chi connectivity index (χ0n) is 11.4. The molecule has 0 saturated heterocycles. The van der Waals surface area contributed by atoms with Crippen LogP contribution in [0.15, 0.2) is 0 Å². The van der Waals surface area contributed by atoms with Crippen LogP contribution in [-0.2, 0) is 9.53 Å². The van der Waals surface area contributed by atoms with Gasteiger partial charge in [0, 0.05) is 12.5 Å². The molecule has 3 nitrogen and oxygen atoms in total. The molecule has 0 aliphatic carbocycles. The lowest BCUT2D eigenvalue weighted by Crippen LogP contribution is -2.29. The molecule has 0 unspecified atom stereocenters. The Hall–Kier alpha value is -0.570. The molecule has 0 rings (SSSR count). The molecule has 0 radical (unpaired) electrons. The molecule has 0 bridgehead atoms. The number of carbonyl (C=O) groups excluding carboxylic acids is 1. The van der Waals surface area contributed by atoms with Gasteiger partial charge in [-0.25, -0.2) is 0 Å². The van der Waals surface area contributed by atoms with Gasteiger partial charge < -0.3 is 10.1 Å². The SMILES string of the molecule is CCC(CC)NCCCC(=O)OC(C)(C)C. The van der Waals surface area contributed by atoms with E-state index in [2.05, 4.69) is 19.2 Å². The van der Waals surface area contributed by atoms with E-state index in [1.807, 2.05) is 20.8 Å². The highest BCUT2D eigenvalue weighted by molar-refractivity contribution is 5.69. The van der Waals surface area contributed by atoms with Gasteiger partial charge in [0.2, 0.25) is 0 Å². The van der Waals surface area contributed by atoms with Gasteiger partial charge in [0.15, 0.2) is 0 Å². The van der Waals surface area contributed by atoms with Gasteiger partial charge in [-0.1, -0.05) is 13.8 Å². The highest BCUT2D eigenvalue weighted by Gasteiger charge is 2.15. The van der Waals surface area contributed by atoms with Gasteiger partial charge in [-0.3, -0.25) is 4.79 Å². The predicted molar refractivity (Wildman–Crippen MR) is 67.5 cm³/mol. The number of hydrogen-bond acceptors (Lipinski definition) is 3. The van der Waals surface area contributed by atoms with E-state index in [0.29, 0.717) is 12.5 Å². The quantitative estimate of drug-likeness (QED) is 0.539. The number of esters is 1. The first-order valence-electron chi connectivity index (χ1n) is 6.34. The lowest BCUT2D eigenvalue weighted by molar-refractivity contribution is -0.154. The second kappa shape index (κ2) is 7.66. The lowest BCUT2D eigenvalue weighted by atomic mass is 10.1. The zero-order chi connectivity index (χ0) is 12.6. The topological polar surface area (TPSA) is 38.3 Å². The average Bonchev–Trinajstić information content (AvgIpc) is 2.15. The molecular weight excluding hydrogens is 202 g/mol. The minimum absolute atomic E-state index is 0.0983. The summed E-state index contributed by atoms with van der Waals surface area (Å²) >= 11 is 0. The molecule has 0 aromatic carbocycles. The molecule has 0 aromatic heterocycles. The summed E-state index contributed by atoms with van der Waals surface area (Å²) in [5, 5.41) is 3.43. The van der Waals surface area contributed by atoms with Crippen molar-refractivity contribution < 1.29 is 9.53 Å². The number of ether oxygens (including phenoxy) is 1. The van der Waals surface area contributed by atoms with Gasteiger partial charge in [-0.05, 0) is 46.6 Å². The first-order valence-corrected chi connectivity index (χ1v) is 6.34. The van der Waals surface area contributed by atoms with E-state index in [1.165, 1.54) is 0 Å². The van der Waals surface area contributed by atoms with Gasteiger partial charge in [-0.2, -0.15) is 0 Å². The maximum Gasteiger partial charge on any atom is 0.306 e. The van der Waals surface area contributed by atoms with Gasteiger partial charge in [0.25, 0.3) is 0 Å². The number of rotatable bonds is 7. The monoisotopic (exact) mass is 229 g/mol. The molecule has 1 N–H and O–H groups in total. The van der Waals surface area contributed by atoms with Gasteiger partial charge in [0.05, 0.1) is 0 Å². The molecule has 0 fully saturated rings. The molecule has 0 heterocycles. The standard InChI is InChI=1S/C13H27NO2/c1-6-11(7-2)14-10-8-9-12(15)16-13(3,4)5/h11,14H,6-10H2,1-5H3. The summed E-state index contributed by atoms with van der Waals surface area (Å²) in [7, 11) is 0. The minimum Gasteiger partial charge on any atom is -0.460 e. The molecule has 0 atom stereocenters. The number of carbonyl (C=O) groups is 1. The van der Waals surface area contributed by atoms with Crippen molar-refractivity contribution in [3.8, 4) is 0 Å². The molecule has 16 heavy (non-hydrogen) atoms. The van der Waals surface area contributed by atoms with Crippen molar-refractivity contribution in [3.63, 3.8) is 0 Å². The Morgan fingerprint density at radius 2 is 1.81 bits per heavy atom. The Labute approximate surface area is 99.9 Å². The van der Waals surface area contributed by atoms with Crippen LogP contribution in [0.1, 0.15) is 60.3 Å². The predicted octanol–water partition coefficient (Wildman–Crippen LogP) is 2.89. The van der Waals surface area contributed by atoms with E-state index in [-0.39, 0.29) is 11.6 Å². The minimum atomic E-state index is -0.361. The Bertz CT molecular complexity index is 193. The van der Waals surface area contributed by atoms with Crippen molar-refractivity contribution in [3.05, 3.63) is 0 Å². The van der Waals surface area contributed by atoms with Crippen LogP contribution in [0.25, 0.3) is 0 Å². The average molecular weight is 229 g/mol. The van der Waals surface area contributed by atoms with Crippen LogP contribution in [0.2, 0.25) is 0 Å². The van der Waals surface area contributed by atoms with Crippen LogP contribution in [0.5, 0.6) is 0 Å². The van der Waals surface area contributed by atoms with Crippen LogP contribution < -0.4 is 5.32 Å². The highest BCUT2D eigenvalue weighted by Crippen LogP contribution is 2.08. The van der Waals surface area contributed by atoms with Crippen molar-refractivity contribution in [1.29, 1.82) is 0 Å². The van der Waals surface area contributed by atoms with Crippen molar-refractivity contribution in [1.82, 2.24) is 5.32 Å². The summed E-state index contributed by atoms with van der Waals surface area (Å²) < 4.78 is 5.23. The van der Waals surface area contributed by atoms with Crippen molar-refractivity contribution in [2.45, 2.75) is 71.9 Å². The summed E-state index contributed by atoms with van der Waals surface area (Å²) in [6, 6.07) is 0.582. The molecule has 0 spiro atoms. The van der Waals surface area contributed by atoms with E-state index in [4.69, 9.17) is 4.74 Å². The van der Waals surface area contributed by atoms with E-state index in [9.17, 15) is 4.79 Å². The Morgan fingerprint density at radius 3 is 2.25 bits per heavy atom. The van der Waals surface area contributed by atoms with E-state index >= 15 is 0 Å². The fraction of sp³-hybridized carbons (Fsp3) is 0.923. The van der Waals surface area contributed by atoms with Crippen LogP contribution in [-0.4, -0.2) is 24.2 Å². The third-order valence-electron chi connectivity index (χ3n) is 2.40. The van der Waals surface area contributed by atoms with Crippen LogP contribution in [0.3, 0.4) is 0 Å². The fourth-order valence-corrected chi connectivity index (χ4v) is 1.51. The van der Waals surface area contributed by atoms with Crippen molar-refractivity contribution in [2.75, 3.05) is 6.54 Å². The summed E-state index contributed by atoms with van der Waals surface area (Å²) in [5.41, 5.74) is -0.361. The second-order valence-corrected chi connectivity index (χ2v) is 5.16. The van der Waals surface area contributed by atoms with Crippen LogP contribution >= 0.6 is 0 Å². The summed E-state index contributed by atoms with van der Waals surface area (Å²) in [6.45, 7) is 10.9. The number of hydrogen-bond donors (Lipinski definition) is 1. The highest BCUT2D eigenvalue weighted by atomic mass is 16.6. The first kappa shape index (κ1) is 15.4. The zero-order valence-corrected chi connectivity index (χ0v) is 11.4. The summed E-state index contributed by atoms with van der Waals surface area (Å²) in [4.78, 5) is 11.4. The van der Waals surface area contributed by atoms with Gasteiger partial charge >= 0.3 is 5.97 Å². The molecule has 96 valence electrons. The summed E-state index contributed by atoms with van der Waals surface area (Å²) in [5.74, 6) is -0.0983. The molecule has 3 heteroatoms. The normalized spacial score (nSPS) is 11.9. The largest absolute Gasteiger partial charge is 0.460 e. The Kier molecular flexibility index (Phi) is 7.39. The van der Waals surface area contributed by atoms with E-state index in [1.54, 1.807) is 0 Å². The third-order valence-corrected chi connectivity index (χ3v) is 2.40. The first-order chi connectivity index (χ1) is 7.39. The van der Waals surface area contributed by atoms with Gasteiger partial charge in [-0.15, -0.1) is 0 Å². The van der Waals surface area contributed by atoms with Gasteiger partial charge in [0.1, 0.15) is 5.60 Å². The molecule has 0 saturated carbocycles. The summed E-state index contributed by atoms with van der Waals surface area (Å²) in [6.07, 6.45) is 3.64. The second-order valence-electron chi connectivity index (χ2n) is 5.16. The van der Waals surface area contributed by atoms with Crippen LogP contribution in [0, 0.1) is 0 Å².